The highest BCUT2D eigenvalue weighted by Gasteiger charge is 2.03. The normalized spacial score (nSPS) is 14.0. The monoisotopic (exact) mass is 298 g/mol. The molecule has 0 bridgehead atoms. The van der Waals surface area contributed by atoms with Crippen molar-refractivity contribution in [3.8, 4) is 0 Å². The highest BCUT2D eigenvalue weighted by Crippen LogP contribution is 2.24. The minimum atomic E-state index is 0.501. The Morgan fingerprint density at radius 3 is 2.61 bits per heavy atom. The van der Waals surface area contributed by atoms with E-state index in [1.54, 1.807) is 12.1 Å². The van der Waals surface area contributed by atoms with Crippen molar-refractivity contribution in [1.29, 1.82) is 0 Å². The number of anilines is 1. The van der Waals surface area contributed by atoms with Crippen molar-refractivity contribution in [3.05, 3.63) is 52.2 Å². The molecule has 0 aliphatic heterocycles. The molecule has 0 saturated carbocycles. The van der Waals surface area contributed by atoms with Crippen molar-refractivity contribution in [2.75, 3.05) is 5.32 Å². The van der Waals surface area contributed by atoms with Crippen molar-refractivity contribution in [3.63, 3.8) is 0 Å². The van der Waals surface area contributed by atoms with Gasteiger partial charge in [0.2, 0.25) is 0 Å². The molecule has 18 heavy (non-hydrogen) atoms. The van der Waals surface area contributed by atoms with Crippen LogP contribution >= 0.6 is 35.4 Å². The minimum Gasteiger partial charge on any atom is -0.333 e. The minimum absolute atomic E-state index is 0.501. The molecule has 1 aromatic carbocycles. The molecule has 0 amide bonds. The van der Waals surface area contributed by atoms with Crippen LogP contribution in [0.15, 0.2) is 42.1 Å². The zero-order valence-corrected chi connectivity index (χ0v) is 11.9. The van der Waals surface area contributed by atoms with Crippen molar-refractivity contribution < 1.29 is 0 Å². The van der Waals surface area contributed by atoms with Crippen LogP contribution in [0.5, 0.6) is 0 Å². The Morgan fingerprint density at radius 2 is 1.94 bits per heavy atom. The molecule has 0 aromatic heterocycles. The lowest BCUT2D eigenvalue weighted by molar-refractivity contribution is 0.987. The van der Waals surface area contributed by atoms with E-state index in [2.05, 4.69) is 22.8 Å². The number of hydrogen-bond acceptors (Lipinski definition) is 1. The second kappa shape index (κ2) is 6.23. The molecule has 0 radical (unpaired) electrons. The molecule has 0 fully saturated rings. The number of nitrogens with one attached hydrogen (secondary N) is 2. The van der Waals surface area contributed by atoms with Crippen molar-refractivity contribution in [2.45, 2.75) is 12.8 Å². The molecular weight excluding hydrogens is 287 g/mol. The lowest BCUT2D eigenvalue weighted by Crippen LogP contribution is -2.27. The first kappa shape index (κ1) is 13.4. The average molecular weight is 299 g/mol. The summed E-state index contributed by atoms with van der Waals surface area (Å²) >= 11 is 17.0. The number of rotatable bonds is 2. The first-order valence-electron chi connectivity index (χ1n) is 5.55. The third-order valence-corrected chi connectivity index (χ3v) is 3.37. The van der Waals surface area contributed by atoms with Crippen LogP contribution in [0.2, 0.25) is 10.0 Å². The van der Waals surface area contributed by atoms with Crippen LogP contribution in [0.25, 0.3) is 0 Å². The fraction of sp³-hybridized carbons (Fsp3) is 0.154. The van der Waals surface area contributed by atoms with Gasteiger partial charge in [-0.05, 0) is 49.3 Å². The number of thiocarbonyl (C=S) groups is 1. The zero-order valence-electron chi connectivity index (χ0n) is 9.54. The highest BCUT2D eigenvalue weighted by molar-refractivity contribution is 7.80. The van der Waals surface area contributed by atoms with E-state index < -0.39 is 0 Å². The average Bonchev–Trinajstić information content (AvgIpc) is 2.35. The van der Waals surface area contributed by atoms with E-state index in [9.17, 15) is 0 Å². The molecule has 1 aromatic rings. The largest absolute Gasteiger partial charge is 0.333 e. The first-order chi connectivity index (χ1) is 8.65. The van der Waals surface area contributed by atoms with Gasteiger partial charge in [0, 0.05) is 11.4 Å². The summed E-state index contributed by atoms with van der Waals surface area (Å²) in [5.41, 5.74) is 1.82. The molecule has 2 N–H and O–H groups in total. The van der Waals surface area contributed by atoms with Gasteiger partial charge in [-0.2, -0.15) is 0 Å². The quantitative estimate of drug-likeness (QED) is 0.785. The van der Waals surface area contributed by atoms with Crippen molar-refractivity contribution in [1.82, 2.24) is 5.32 Å². The van der Waals surface area contributed by atoms with Gasteiger partial charge in [-0.25, -0.2) is 0 Å². The van der Waals surface area contributed by atoms with Crippen molar-refractivity contribution >= 4 is 46.2 Å². The summed E-state index contributed by atoms with van der Waals surface area (Å²) in [4.78, 5) is 0. The van der Waals surface area contributed by atoms with Crippen LogP contribution in [-0.4, -0.2) is 5.11 Å². The number of halogens is 2. The Morgan fingerprint density at radius 1 is 1.11 bits per heavy atom. The van der Waals surface area contributed by atoms with Gasteiger partial charge in [-0.3, -0.25) is 0 Å². The Hall–Kier alpha value is -1.03. The summed E-state index contributed by atoms with van der Waals surface area (Å²) in [7, 11) is 0. The number of allylic oxidation sites excluding steroid dienone is 3. The van der Waals surface area contributed by atoms with Gasteiger partial charge in [0.05, 0.1) is 10.0 Å². The Labute approximate surface area is 122 Å². The third-order valence-electron chi connectivity index (χ3n) is 2.43. The van der Waals surface area contributed by atoms with Gasteiger partial charge in [0.1, 0.15) is 0 Å². The summed E-state index contributed by atoms with van der Waals surface area (Å²) in [6.07, 6.45) is 8.37. The molecular formula is C13H12Cl2N2S. The molecule has 0 heterocycles. The standard InChI is InChI=1S/C13H12Cl2N2S/c14-11-7-6-10(8-12(11)15)17-13(18)16-9-4-2-1-3-5-9/h2,4-8H,1,3H2,(H2,16,17,18). The lowest BCUT2D eigenvalue weighted by Gasteiger charge is -2.13. The van der Waals surface area contributed by atoms with E-state index in [0.29, 0.717) is 15.2 Å². The topological polar surface area (TPSA) is 24.1 Å². The molecule has 0 saturated heterocycles. The Balaban J connectivity index is 1.96. The van der Waals surface area contributed by atoms with Gasteiger partial charge < -0.3 is 10.6 Å². The second-order valence-corrected chi connectivity index (χ2v) is 5.07. The molecule has 0 atom stereocenters. The van der Waals surface area contributed by atoms with E-state index in [-0.39, 0.29) is 0 Å². The smallest absolute Gasteiger partial charge is 0.175 e. The van der Waals surface area contributed by atoms with Gasteiger partial charge in [-0.1, -0.05) is 35.4 Å². The Bertz CT molecular complexity index is 524. The predicted molar refractivity (Wildman–Crippen MR) is 82.3 cm³/mol. The molecule has 2 nitrogen and oxygen atoms in total. The van der Waals surface area contributed by atoms with E-state index >= 15 is 0 Å². The lowest BCUT2D eigenvalue weighted by atomic mass is 10.1. The molecule has 0 spiro atoms. The SMILES string of the molecule is S=C(NC1=CCCC=C1)Nc1ccc(Cl)c(Cl)c1. The van der Waals surface area contributed by atoms with Crippen LogP contribution in [-0.2, 0) is 0 Å². The third kappa shape index (κ3) is 3.73. The zero-order chi connectivity index (χ0) is 13.0. The maximum absolute atomic E-state index is 5.93. The molecule has 5 heteroatoms. The fourth-order valence-corrected chi connectivity index (χ4v) is 2.11. The number of benzene rings is 1. The van der Waals surface area contributed by atoms with E-state index in [1.165, 1.54) is 0 Å². The fourth-order valence-electron chi connectivity index (χ4n) is 1.57. The highest BCUT2D eigenvalue weighted by atomic mass is 35.5. The summed E-state index contributed by atoms with van der Waals surface area (Å²) in [5.74, 6) is 0. The maximum Gasteiger partial charge on any atom is 0.175 e. The number of hydrogen-bond donors (Lipinski definition) is 2. The second-order valence-electron chi connectivity index (χ2n) is 3.85. The van der Waals surface area contributed by atoms with Gasteiger partial charge in [0.15, 0.2) is 5.11 Å². The van der Waals surface area contributed by atoms with Crippen molar-refractivity contribution in [2.24, 2.45) is 0 Å². The molecule has 94 valence electrons. The van der Waals surface area contributed by atoms with Crippen LogP contribution in [0, 0.1) is 0 Å². The molecule has 1 aliphatic rings. The van der Waals surface area contributed by atoms with Crippen LogP contribution in [0.4, 0.5) is 5.69 Å². The van der Waals surface area contributed by atoms with Gasteiger partial charge in [0.25, 0.3) is 0 Å². The van der Waals surface area contributed by atoms with Crippen LogP contribution in [0.1, 0.15) is 12.8 Å². The van der Waals surface area contributed by atoms with E-state index in [4.69, 9.17) is 35.4 Å². The van der Waals surface area contributed by atoms with Gasteiger partial charge >= 0.3 is 0 Å². The van der Waals surface area contributed by atoms with Gasteiger partial charge in [-0.15, -0.1) is 0 Å². The first-order valence-corrected chi connectivity index (χ1v) is 6.71. The summed E-state index contributed by atoms with van der Waals surface area (Å²) in [5, 5.41) is 7.74. The summed E-state index contributed by atoms with van der Waals surface area (Å²) in [6.45, 7) is 0. The molecule has 2 rings (SSSR count). The molecule has 0 unspecified atom stereocenters. The maximum atomic E-state index is 5.93. The van der Waals surface area contributed by atoms with Crippen LogP contribution in [0.3, 0.4) is 0 Å². The summed E-state index contributed by atoms with van der Waals surface area (Å²) in [6, 6.07) is 5.30. The van der Waals surface area contributed by atoms with Crippen LogP contribution < -0.4 is 10.6 Å². The molecule has 1 aliphatic carbocycles. The predicted octanol–water partition coefficient (Wildman–Crippen LogP) is 4.51. The van der Waals surface area contributed by atoms with E-state index in [0.717, 1.165) is 24.2 Å². The summed E-state index contributed by atoms with van der Waals surface area (Å²) < 4.78 is 0. The Kier molecular flexibility index (Phi) is 4.64. The van der Waals surface area contributed by atoms with E-state index in [1.807, 2.05) is 12.1 Å².